The summed E-state index contributed by atoms with van der Waals surface area (Å²) < 4.78 is 12.9. The van der Waals surface area contributed by atoms with E-state index in [1.807, 2.05) is 24.4 Å². The molecule has 0 aromatic heterocycles. The van der Waals surface area contributed by atoms with Crippen molar-refractivity contribution in [3.8, 4) is 0 Å². The molecule has 1 saturated heterocycles. The largest absolute Gasteiger partial charge is 0.333 e. The number of amides is 2. The first-order chi connectivity index (χ1) is 11.5. The Labute approximate surface area is 138 Å². The van der Waals surface area contributed by atoms with Crippen LogP contribution in [0.5, 0.6) is 0 Å². The second-order valence-corrected chi connectivity index (χ2v) is 6.22. The molecule has 1 aromatic rings. The maximum Gasteiger partial charge on any atom is 0.272 e. The second-order valence-electron chi connectivity index (χ2n) is 6.22. The number of nitrogens with zero attached hydrogens (tertiary/aromatic N) is 3. The van der Waals surface area contributed by atoms with Gasteiger partial charge in [-0.2, -0.15) is 0 Å². The summed E-state index contributed by atoms with van der Waals surface area (Å²) in [4.78, 5) is 31.5. The molecule has 0 radical (unpaired) electrons. The number of alkyl halides is 1. The van der Waals surface area contributed by atoms with Gasteiger partial charge in [-0.05, 0) is 23.3 Å². The van der Waals surface area contributed by atoms with Crippen LogP contribution in [-0.4, -0.2) is 53.6 Å². The van der Waals surface area contributed by atoms with Crippen LogP contribution in [0.1, 0.15) is 15.9 Å². The van der Waals surface area contributed by atoms with E-state index in [-0.39, 0.29) is 30.8 Å². The van der Waals surface area contributed by atoms with E-state index in [4.69, 9.17) is 0 Å². The Morgan fingerprint density at radius 3 is 2.62 bits per heavy atom. The number of hydrogen-bond donors (Lipinski definition) is 0. The highest BCUT2D eigenvalue weighted by molar-refractivity contribution is 6.44. The molecule has 1 unspecified atom stereocenters. The fourth-order valence-electron chi connectivity index (χ4n) is 3.18. The highest BCUT2D eigenvalue weighted by Crippen LogP contribution is 2.33. The third-order valence-electron chi connectivity index (χ3n) is 4.58. The smallest absolute Gasteiger partial charge is 0.272 e. The number of aliphatic imine (C=N–C) groups is 1. The van der Waals surface area contributed by atoms with E-state index in [2.05, 4.69) is 4.99 Å². The van der Waals surface area contributed by atoms with Crippen molar-refractivity contribution in [3.05, 3.63) is 53.9 Å². The lowest BCUT2D eigenvalue weighted by molar-refractivity contribution is -0.121. The van der Waals surface area contributed by atoms with Gasteiger partial charge in [0, 0.05) is 25.0 Å². The molecule has 1 fully saturated rings. The maximum absolute atomic E-state index is 12.9. The number of hydrogen-bond acceptors (Lipinski definition) is 3. The Morgan fingerprint density at radius 2 is 1.96 bits per heavy atom. The molecule has 1 aromatic carbocycles. The van der Waals surface area contributed by atoms with Crippen LogP contribution in [0.2, 0.25) is 0 Å². The van der Waals surface area contributed by atoms with E-state index in [9.17, 15) is 14.0 Å². The molecule has 3 aliphatic heterocycles. The summed E-state index contributed by atoms with van der Waals surface area (Å²) in [5.41, 5.74) is 2.96. The van der Waals surface area contributed by atoms with Crippen molar-refractivity contribution in [2.24, 2.45) is 10.9 Å². The summed E-state index contributed by atoms with van der Waals surface area (Å²) in [6.45, 7) is 0.344. The van der Waals surface area contributed by atoms with Crippen molar-refractivity contribution < 1.29 is 14.0 Å². The van der Waals surface area contributed by atoms with E-state index in [1.165, 1.54) is 9.80 Å². The molecule has 0 N–H and O–H groups in total. The molecule has 0 aliphatic carbocycles. The summed E-state index contributed by atoms with van der Waals surface area (Å²) in [7, 11) is 1.70. The third-order valence-corrected chi connectivity index (χ3v) is 4.58. The monoisotopic (exact) mass is 325 g/mol. The minimum Gasteiger partial charge on any atom is -0.333 e. The fraction of sp³-hybridized carbons (Fsp3) is 0.278. The average Bonchev–Trinajstić information content (AvgIpc) is 3.05. The van der Waals surface area contributed by atoms with E-state index in [0.29, 0.717) is 11.3 Å². The first-order valence-electron chi connectivity index (χ1n) is 7.81. The zero-order valence-electron chi connectivity index (χ0n) is 13.1. The normalized spacial score (nSPS) is 22.9. The summed E-state index contributed by atoms with van der Waals surface area (Å²) in [5, 5.41) is 0. The first-order valence-corrected chi connectivity index (χ1v) is 7.81. The summed E-state index contributed by atoms with van der Waals surface area (Å²) in [5.74, 6) is -0.388. The van der Waals surface area contributed by atoms with Gasteiger partial charge in [0.05, 0.1) is 19.0 Å². The molecule has 5 nitrogen and oxygen atoms in total. The molecule has 3 aliphatic rings. The van der Waals surface area contributed by atoms with Gasteiger partial charge in [0.15, 0.2) is 0 Å². The molecular weight excluding hydrogens is 309 g/mol. The summed E-state index contributed by atoms with van der Waals surface area (Å²) in [6, 6.07) is 7.21. The third kappa shape index (κ3) is 2.26. The highest BCUT2D eigenvalue weighted by atomic mass is 19.1. The van der Waals surface area contributed by atoms with Crippen LogP contribution in [0.4, 0.5) is 4.39 Å². The summed E-state index contributed by atoms with van der Waals surface area (Å²) in [6.07, 6.45) is 4.45. The quantitative estimate of drug-likeness (QED) is 0.834. The second kappa shape index (κ2) is 5.40. The molecule has 122 valence electrons. The number of halogens is 1. The zero-order valence-corrected chi connectivity index (χ0v) is 13.1. The topological polar surface area (TPSA) is 53.0 Å². The van der Waals surface area contributed by atoms with Gasteiger partial charge >= 0.3 is 0 Å². The van der Waals surface area contributed by atoms with Crippen LogP contribution in [0.15, 0.2) is 47.7 Å². The van der Waals surface area contributed by atoms with Crippen molar-refractivity contribution in [2.45, 2.75) is 6.17 Å². The van der Waals surface area contributed by atoms with Crippen LogP contribution in [0, 0.1) is 5.92 Å². The minimum absolute atomic E-state index is 0.0980. The van der Waals surface area contributed by atoms with Crippen LogP contribution >= 0.6 is 0 Å². The van der Waals surface area contributed by atoms with Crippen LogP contribution in [0.25, 0.3) is 5.57 Å². The Bertz CT molecular complexity index is 804. The predicted octanol–water partition coefficient (Wildman–Crippen LogP) is 1.88. The molecule has 0 bridgehead atoms. The lowest BCUT2D eigenvalue weighted by atomic mass is 9.87. The molecule has 4 rings (SSSR count). The van der Waals surface area contributed by atoms with Gasteiger partial charge < -0.3 is 9.80 Å². The number of fused-ring (bicyclic) bond motifs is 1. The molecule has 0 saturated carbocycles. The molecule has 2 amide bonds. The number of allylic oxidation sites excluding steroid dienone is 2. The zero-order chi connectivity index (χ0) is 16.8. The average molecular weight is 325 g/mol. The van der Waals surface area contributed by atoms with Gasteiger partial charge in [0.25, 0.3) is 11.8 Å². The van der Waals surface area contributed by atoms with Gasteiger partial charge in [-0.3, -0.25) is 14.6 Å². The molecule has 6 heteroatoms. The van der Waals surface area contributed by atoms with E-state index in [0.717, 1.165) is 11.1 Å². The first kappa shape index (κ1) is 14.8. The van der Waals surface area contributed by atoms with Crippen LogP contribution in [-0.2, 0) is 4.79 Å². The predicted molar refractivity (Wildman–Crippen MR) is 88.1 cm³/mol. The molecular formula is C18H16FN3O2. The van der Waals surface area contributed by atoms with Gasteiger partial charge in [-0.25, -0.2) is 4.39 Å². The van der Waals surface area contributed by atoms with Crippen molar-refractivity contribution >= 4 is 23.1 Å². The van der Waals surface area contributed by atoms with Crippen molar-refractivity contribution in [3.63, 3.8) is 0 Å². The van der Waals surface area contributed by atoms with Crippen LogP contribution in [0.3, 0.4) is 0 Å². The van der Waals surface area contributed by atoms with E-state index < -0.39 is 6.17 Å². The molecule has 1 atom stereocenters. The van der Waals surface area contributed by atoms with Gasteiger partial charge in [0.1, 0.15) is 11.9 Å². The molecule has 24 heavy (non-hydrogen) atoms. The number of carbonyl (C=O) groups excluding carboxylic acids is 2. The van der Waals surface area contributed by atoms with Gasteiger partial charge in [-0.1, -0.05) is 18.2 Å². The number of likely N-dealkylation sites (tertiary alicyclic amines) is 1. The van der Waals surface area contributed by atoms with Gasteiger partial charge in [0.2, 0.25) is 0 Å². The highest BCUT2D eigenvalue weighted by Gasteiger charge is 2.34. The van der Waals surface area contributed by atoms with Crippen molar-refractivity contribution in [2.75, 3.05) is 20.1 Å². The molecule has 0 spiro atoms. The van der Waals surface area contributed by atoms with E-state index in [1.54, 1.807) is 25.4 Å². The fourth-order valence-corrected chi connectivity index (χ4v) is 3.18. The van der Waals surface area contributed by atoms with Gasteiger partial charge in [-0.15, -0.1) is 0 Å². The Kier molecular flexibility index (Phi) is 3.33. The Hall–Kier alpha value is -2.76. The molecule has 3 heterocycles. The minimum atomic E-state index is -0.902. The van der Waals surface area contributed by atoms with Crippen molar-refractivity contribution in [1.82, 2.24) is 9.80 Å². The SMILES string of the molecule is CN1C=C(c2ccc(C(=O)N3CC(F)C3)cc2)C2C=CN=C2C1=O. The standard InChI is InChI=1S/C18H16FN3O2/c1-21-10-15(14-6-7-20-16(14)18(21)24)11-2-4-12(5-3-11)17(23)22-8-13(19)9-22/h2-7,10,13-14H,8-9H2,1H3. The number of carbonyl (C=O) groups is 2. The summed E-state index contributed by atoms with van der Waals surface area (Å²) >= 11 is 0. The number of benzene rings is 1. The Balaban J connectivity index is 1.60. The van der Waals surface area contributed by atoms with Crippen molar-refractivity contribution in [1.29, 1.82) is 0 Å². The Morgan fingerprint density at radius 1 is 1.25 bits per heavy atom. The lowest BCUT2D eigenvalue weighted by Gasteiger charge is -2.34. The lowest BCUT2D eigenvalue weighted by Crippen LogP contribution is -2.51. The maximum atomic E-state index is 12.9. The number of rotatable bonds is 2. The van der Waals surface area contributed by atoms with E-state index >= 15 is 0 Å². The van der Waals surface area contributed by atoms with Crippen LogP contribution < -0.4 is 0 Å².